The monoisotopic (exact) mass is 202 g/mol. The molecule has 0 saturated carbocycles. The topological polar surface area (TPSA) is 24.5 Å². The summed E-state index contributed by atoms with van der Waals surface area (Å²) >= 11 is 2.10. The van der Waals surface area contributed by atoms with E-state index in [1.54, 1.807) is 7.11 Å². The minimum atomic E-state index is 0.397. The number of thioether (sulfide) groups is 1. The summed E-state index contributed by atoms with van der Waals surface area (Å²) < 4.78 is 5.09. The first-order chi connectivity index (χ1) is 6.35. The zero-order valence-electron chi connectivity index (χ0n) is 8.21. The highest BCUT2D eigenvalue weighted by molar-refractivity contribution is 8.00. The number of likely N-dealkylation sites (tertiary alicyclic amines) is 1. The van der Waals surface area contributed by atoms with Crippen molar-refractivity contribution in [2.24, 2.45) is 0 Å². The Bertz CT molecular complexity index is 171. The molecule has 2 aliphatic rings. The van der Waals surface area contributed by atoms with Crippen LogP contribution in [0.3, 0.4) is 0 Å². The van der Waals surface area contributed by atoms with Crippen molar-refractivity contribution in [2.75, 3.05) is 45.6 Å². The molecule has 0 aromatic heterocycles. The van der Waals surface area contributed by atoms with Crippen LogP contribution in [0.2, 0.25) is 0 Å². The molecule has 0 aromatic carbocycles. The number of nitrogens with zero attached hydrogens (tertiary/aromatic N) is 1. The van der Waals surface area contributed by atoms with Gasteiger partial charge in [0.2, 0.25) is 0 Å². The Morgan fingerprint density at radius 1 is 1.62 bits per heavy atom. The van der Waals surface area contributed by atoms with Gasteiger partial charge >= 0.3 is 0 Å². The number of hydrogen-bond donors (Lipinski definition) is 1. The van der Waals surface area contributed by atoms with Gasteiger partial charge in [-0.2, -0.15) is 0 Å². The predicted molar refractivity (Wildman–Crippen MR) is 56.1 cm³/mol. The van der Waals surface area contributed by atoms with E-state index in [2.05, 4.69) is 22.0 Å². The third-order valence-electron chi connectivity index (χ3n) is 2.85. The Morgan fingerprint density at radius 3 is 3.23 bits per heavy atom. The van der Waals surface area contributed by atoms with Crippen LogP contribution in [0.25, 0.3) is 0 Å². The molecule has 1 atom stereocenters. The van der Waals surface area contributed by atoms with E-state index in [9.17, 15) is 0 Å². The minimum Gasteiger partial charge on any atom is -0.383 e. The molecule has 1 N–H and O–H groups in total. The molecule has 76 valence electrons. The fourth-order valence-electron chi connectivity index (χ4n) is 2.11. The molecule has 4 heteroatoms. The van der Waals surface area contributed by atoms with Gasteiger partial charge < -0.3 is 10.1 Å². The van der Waals surface area contributed by atoms with Crippen LogP contribution in [-0.2, 0) is 4.74 Å². The van der Waals surface area contributed by atoms with E-state index in [1.807, 2.05) is 0 Å². The van der Waals surface area contributed by atoms with Gasteiger partial charge in [0, 0.05) is 39.0 Å². The molecule has 2 aliphatic heterocycles. The van der Waals surface area contributed by atoms with Crippen molar-refractivity contribution in [3.63, 3.8) is 0 Å². The highest BCUT2D eigenvalue weighted by Crippen LogP contribution is 2.35. The average Bonchev–Trinajstić information content (AvgIpc) is 2.74. The van der Waals surface area contributed by atoms with Crippen LogP contribution >= 0.6 is 11.8 Å². The molecule has 1 spiro atoms. The molecule has 1 unspecified atom stereocenters. The highest BCUT2D eigenvalue weighted by Gasteiger charge is 2.40. The van der Waals surface area contributed by atoms with Crippen LogP contribution in [0.1, 0.15) is 6.42 Å². The van der Waals surface area contributed by atoms with E-state index >= 15 is 0 Å². The van der Waals surface area contributed by atoms with E-state index in [0.29, 0.717) is 4.87 Å². The van der Waals surface area contributed by atoms with Gasteiger partial charge in [-0.1, -0.05) is 0 Å². The first-order valence-electron chi connectivity index (χ1n) is 4.95. The van der Waals surface area contributed by atoms with Crippen molar-refractivity contribution in [1.29, 1.82) is 0 Å². The van der Waals surface area contributed by atoms with Gasteiger partial charge in [0.05, 0.1) is 11.5 Å². The summed E-state index contributed by atoms with van der Waals surface area (Å²) in [5.74, 6) is 1.28. The molecule has 13 heavy (non-hydrogen) atoms. The highest BCUT2D eigenvalue weighted by atomic mass is 32.2. The van der Waals surface area contributed by atoms with Crippen molar-refractivity contribution < 1.29 is 4.74 Å². The quantitative estimate of drug-likeness (QED) is 0.715. The van der Waals surface area contributed by atoms with Crippen LogP contribution in [0.15, 0.2) is 0 Å². The molecule has 3 nitrogen and oxygen atoms in total. The molecular formula is C9H18N2OS. The summed E-state index contributed by atoms with van der Waals surface area (Å²) in [6, 6.07) is 0. The van der Waals surface area contributed by atoms with E-state index < -0.39 is 0 Å². The van der Waals surface area contributed by atoms with Crippen LogP contribution in [0, 0.1) is 0 Å². The smallest absolute Gasteiger partial charge is 0.0786 e. The van der Waals surface area contributed by atoms with Crippen LogP contribution < -0.4 is 5.32 Å². The summed E-state index contributed by atoms with van der Waals surface area (Å²) in [6.07, 6.45) is 1.29. The van der Waals surface area contributed by atoms with Gasteiger partial charge in [0.15, 0.2) is 0 Å². The van der Waals surface area contributed by atoms with Crippen LogP contribution in [0.5, 0.6) is 0 Å². The van der Waals surface area contributed by atoms with Gasteiger partial charge in [-0.05, 0) is 6.42 Å². The number of ether oxygens (including phenoxy) is 1. The third-order valence-corrected chi connectivity index (χ3v) is 4.29. The fraction of sp³-hybridized carbons (Fsp3) is 1.00. The van der Waals surface area contributed by atoms with E-state index in [0.717, 1.165) is 13.2 Å². The van der Waals surface area contributed by atoms with Gasteiger partial charge in [0.1, 0.15) is 0 Å². The number of nitrogens with one attached hydrogen (secondary N) is 1. The van der Waals surface area contributed by atoms with Crippen molar-refractivity contribution in [3.05, 3.63) is 0 Å². The Kier molecular flexibility index (Phi) is 3.14. The summed E-state index contributed by atoms with van der Waals surface area (Å²) in [5, 5.41) is 3.62. The lowest BCUT2D eigenvalue weighted by molar-refractivity contribution is 0.159. The molecule has 0 bridgehead atoms. The largest absolute Gasteiger partial charge is 0.383 e. The standard InChI is InChI=1S/C9H18N2OS/c1-12-6-5-11-4-2-9(8-11)10-3-7-13-9/h10H,2-8H2,1H3. The molecule has 0 amide bonds. The van der Waals surface area contributed by atoms with Gasteiger partial charge in [-0.15, -0.1) is 11.8 Å². The molecule has 2 heterocycles. The maximum atomic E-state index is 5.09. The Morgan fingerprint density at radius 2 is 2.54 bits per heavy atom. The van der Waals surface area contributed by atoms with Crippen LogP contribution in [-0.4, -0.2) is 55.4 Å². The molecule has 0 aliphatic carbocycles. The maximum absolute atomic E-state index is 5.09. The predicted octanol–water partition coefficient (Wildman–Crippen LogP) is 0.371. The summed E-state index contributed by atoms with van der Waals surface area (Å²) in [4.78, 5) is 2.89. The Labute approximate surface area is 84.2 Å². The SMILES string of the molecule is COCCN1CCC2(C1)NCCS2. The minimum absolute atomic E-state index is 0.397. The summed E-state index contributed by atoms with van der Waals surface area (Å²) in [7, 11) is 1.77. The van der Waals surface area contributed by atoms with Gasteiger partial charge in [0.25, 0.3) is 0 Å². The van der Waals surface area contributed by atoms with E-state index in [1.165, 1.54) is 31.8 Å². The first kappa shape index (κ1) is 9.77. The van der Waals surface area contributed by atoms with Gasteiger partial charge in [-0.3, -0.25) is 4.90 Å². The Balaban J connectivity index is 1.79. The Hall–Kier alpha value is 0.230. The molecular weight excluding hydrogens is 184 g/mol. The zero-order valence-corrected chi connectivity index (χ0v) is 9.03. The average molecular weight is 202 g/mol. The molecule has 0 aromatic rings. The number of methoxy groups -OCH3 is 1. The van der Waals surface area contributed by atoms with E-state index in [4.69, 9.17) is 4.74 Å². The summed E-state index contributed by atoms with van der Waals surface area (Å²) in [5.41, 5.74) is 0. The number of hydrogen-bond acceptors (Lipinski definition) is 4. The van der Waals surface area contributed by atoms with Crippen molar-refractivity contribution in [3.8, 4) is 0 Å². The second-order valence-corrected chi connectivity index (χ2v) is 5.27. The van der Waals surface area contributed by atoms with Gasteiger partial charge in [-0.25, -0.2) is 0 Å². The van der Waals surface area contributed by atoms with Crippen molar-refractivity contribution >= 4 is 11.8 Å². The molecule has 2 rings (SSSR count). The second-order valence-electron chi connectivity index (χ2n) is 3.79. The zero-order chi connectivity index (χ0) is 9.15. The molecule has 2 saturated heterocycles. The van der Waals surface area contributed by atoms with Crippen LogP contribution in [0.4, 0.5) is 0 Å². The normalized spacial score (nSPS) is 34.8. The van der Waals surface area contributed by atoms with Crippen molar-refractivity contribution in [2.45, 2.75) is 11.3 Å². The fourth-order valence-corrected chi connectivity index (χ4v) is 3.42. The maximum Gasteiger partial charge on any atom is 0.0786 e. The number of rotatable bonds is 3. The van der Waals surface area contributed by atoms with Crippen molar-refractivity contribution in [1.82, 2.24) is 10.2 Å². The lowest BCUT2D eigenvalue weighted by Crippen LogP contribution is -2.40. The lowest BCUT2D eigenvalue weighted by Gasteiger charge is -2.23. The third kappa shape index (κ3) is 2.18. The molecule has 2 fully saturated rings. The second kappa shape index (κ2) is 4.17. The first-order valence-corrected chi connectivity index (χ1v) is 5.93. The van der Waals surface area contributed by atoms with E-state index in [-0.39, 0.29) is 0 Å². The lowest BCUT2D eigenvalue weighted by atomic mass is 10.2. The molecule has 0 radical (unpaired) electrons. The summed E-state index contributed by atoms with van der Waals surface area (Å²) in [6.45, 7) is 5.55.